The van der Waals surface area contributed by atoms with Gasteiger partial charge in [0.25, 0.3) is 0 Å². The zero-order chi connectivity index (χ0) is 16.8. The van der Waals surface area contributed by atoms with E-state index in [9.17, 15) is 0 Å². The normalized spacial score (nSPS) is 11.0. The monoisotopic (exact) mass is 434 g/mol. The Labute approximate surface area is 142 Å². The summed E-state index contributed by atoms with van der Waals surface area (Å²) in [5, 5.41) is 0. The summed E-state index contributed by atoms with van der Waals surface area (Å²) in [6, 6.07) is 18.1. The molecule has 6 heteroatoms. The summed E-state index contributed by atoms with van der Waals surface area (Å²) in [5.41, 5.74) is 2.77. The van der Waals surface area contributed by atoms with Crippen LogP contribution in [0, 0.1) is 14.1 Å². The molecule has 4 nitrogen and oxygen atoms in total. The molecule has 0 aliphatic rings. The Bertz CT molecular complexity index is 669. The van der Waals surface area contributed by atoms with Gasteiger partial charge in [0.05, 0.1) is 0 Å². The van der Waals surface area contributed by atoms with Gasteiger partial charge in [0.15, 0.2) is 7.14 Å². The highest BCUT2D eigenvalue weighted by atomic mass is 127. The number of rotatable bonds is 3. The van der Waals surface area contributed by atoms with Crippen LogP contribution in [0.5, 0.6) is 0 Å². The molecular formula is C16H19IO4S. The minimum atomic E-state index is -4.92. The van der Waals surface area contributed by atoms with E-state index in [4.69, 9.17) is 17.5 Å². The summed E-state index contributed by atoms with van der Waals surface area (Å²) in [6.07, 6.45) is 0. The lowest BCUT2D eigenvalue weighted by Crippen LogP contribution is -3.61. The van der Waals surface area contributed by atoms with Crippen LogP contribution < -0.4 is 21.2 Å². The highest BCUT2D eigenvalue weighted by Gasteiger charge is 2.14. The fraction of sp³-hybridized carbons (Fsp3) is 0.250. The quantitative estimate of drug-likeness (QED) is 0.427. The molecule has 0 heterocycles. The molecule has 0 aliphatic heterocycles. The summed E-state index contributed by atoms with van der Waals surface area (Å²) in [6.45, 7) is 6.62. The van der Waals surface area contributed by atoms with E-state index >= 15 is 0 Å². The molecule has 0 amide bonds. The van der Waals surface area contributed by atoms with E-state index in [1.807, 2.05) is 0 Å². The van der Waals surface area contributed by atoms with Crippen LogP contribution in [0.2, 0.25) is 0 Å². The van der Waals surface area contributed by atoms with Crippen molar-refractivity contribution in [3.05, 3.63) is 66.8 Å². The van der Waals surface area contributed by atoms with E-state index < -0.39 is 10.4 Å². The Balaban J connectivity index is 0.000000422. The third-order valence-electron chi connectivity index (χ3n) is 2.77. The predicted octanol–water partition coefficient (Wildman–Crippen LogP) is 0.251. The van der Waals surface area contributed by atoms with Crippen molar-refractivity contribution in [1.82, 2.24) is 0 Å². The summed E-state index contributed by atoms with van der Waals surface area (Å²) < 4.78 is 35.8. The Hall–Kier alpha value is -0.960. The number of benzene rings is 2. The molecule has 0 saturated heterocycles. The molecule has 0 aromatic heterocycles. The molecule has 0 aliphatic carbocycles. The second-order valence-corrected chi connectivity index (χ2v) is 8.91. The van der Waals surface area contributed by atoms with Crippen molar-refractivity contribution in [2.45, 2.75) is 26.7 Å². The fourth-order valence-corrected chi connectivity index (χ4v) is 3.79. The van der Waals surface area contributed by atoms with Gasteiger partial charge in [-0.1, -0.05) is 43.7 Å². The minimum absolute atomic E-state index is 0.0167. The molecule has 0 spiro atoms. The van der Waals surface area contributed by atoms with Crippen molar-refractivity contribution < 1.29 is 38.7 Å². The average Bonchev–Trinajstić information content (AvgIpc) is 2.40. The molecule has 0 atom stereocenters. The fourth-order valence-electron chi connectivity index (χ4n) is 1.63. The van der Waals surface area contributed by atoms with Crippen LogP contribution >= 0.6 is 0 Å². The number of hydrogen-bond acceptors (Lipinski definition) is 3. The zero-order valence-electron chi connectivity index (χ0n) is 12.7. The summed E-state index contributed by atoms with van der Waals surface area (Å²) in [5.74, 6) is 0.627. The molecule has 1 N–H and O–H groups in total. The highest BCUT2D eigenvalue weighted by molar-refractivity contribution is 7.79. The topological polar surface area (TPSA) is 77.4 Å². The van der Waals surface area contributed by atoms with Crippen LogP contribution in [-0.2, 0) is 10.4 Å². The van der Waals surface area contributed by atoms with Crippen molar-refractivity contribution >= 4 is 10.4 Å². The SMILES string of the molecule is Cc1ccc([I+]c2ccc(C(C)C)cc2)cc1.O=S(=O)([O-])O. The first-order valence-electron chi connectivity index (χ1n) is 6.65. The Morgan fingerprint density at radius 2 is 1.32 bits per heavy atom. The van der Waals surface area contributed by atoms with Crippen molar-refractivity contribution in [3.63, 3.8) is 0 Å². The predicted molar refractivity (Wildman–Crippen MR) is 81.4 cm³/mol. The van der Waals surface area contributed by atoms with Crippen molar-refractivity contribution in [1.29, 1.82) is 0 Å². The maximum absolute atomic E-state index is 8.63. The van der Waals surface area contributed by atoms with Gasteiger partial charge in [-0.3, -0.25) is 4.55 Å². The van der Waals surface area contributed by atoms with Gasteiger partial charge in [0, 0.05) is 0 Å². The molecule has 2 rings (SSSR count). The van der Waals surface area contributed by atoms with Gasteiger partial charge < -0.3 is 4.55 Å². The average molecular weight is 434 g/mol. The lowest BCUT2D eigenvalue weighted by Gasteiger charge is -2.02. The Morgan fingerprint density at radius 1 is 0.955 bits per heavy atom. The summed E-state index contributed by atoms with van der Waals surface area (Å²) >= 11 is -0.0167. The molecule has 0 unspecified atom stereocenters. The lowest BCUT2D eigenvalue weighted by molar-refractivity contribution is -0.597. The van der Waals surface area contributed by atoms with Crippen molar-refractivity contribution in [2.75, 3.05) is 0 Å². The summed E-state index contributed by atoms with van der Waals surface area (Å²) in [7, 11) is -4.92. The maximum atomic E-state index is 8.63. The first-order chi connectivity index (χ1) is 10.1. The van der Waals surface area contributed by atoms with E-state index in [1.54, 1.807) is 0 Å². The first-order valence-corrected chi connectivity index (χ1v) is 10.2. The van der Waals surface area contributed by atoms with Crippen LogP contribution in [-0.4, -0.2) is 17.5 Å². The van der Waals surface area contributed by atoms with E-state index in [0.717, 1.165) is 0 Å². The third-order valence-corrected chi connectivity index (χ3v) is 5.45. The lowest BCUT2D eigenvalue weighted by atomic mass is 10.0. The third kappa shape index (κ3) is 8.47. The molecule has 2 aromatic rings. The highest BCUT2D eigenvalue weighted by Crippen LogP contribution is 2.12. The number of hydrogen-bond donors (Lipinski definition) is 1. The van der Waals surface area contributed by atoms with Crippen LogP contribution in [0.25, 0.3) is 0 Å². The van der Waals surface area contributed by atoms with Crippen molar-refractivity contribution in [3.8, 4) is 0 Å². The molecule has 0 fully saturated rings. The van der Waals surface area contributed by atoms with Gasteiger partial charge in [-0.15, -0.1) is 0 Å². The van der Waals surface area contributed by atoms with E-state index in [-0.39, 0.29) is 21.2 Å². The molecule has 120 valence electrons. The van der Waals surface area contributed by atoms with E-state index in [2.05, 4.69) is 69.3 Å². The van der Waals surface area contributed by atoms with Gasteiger partial charge in [-0.2, -0.15) is 0 Å². The second kappa shape index (κ2) is 8.61. The molecule has 2 aromatic carbocycles. The standard InChI is InChI=1S/C16H18I.H2O4S/c1-12(2)14-6-10-16(11-7-14)17-15-8-4-13(3)5-9-15;1-5(2,3)4/h4-12H,1-3H3;(H2,1,2,3,4)/q+1;/p-1. The number of halogens is 1. The van der Waals surface area contributed by atoms with Crippen LogP contribution in [0.3, 0.4) is 0 Å². The summed E-state index contributed by atoms with van der Waals surface area (Å²) in [4.78, 5) is 0. The van der Waals surface area contributed by atoms with Crippen molar-refractivity contribution in [2.24, 2.45) is 0 Å². The van der Waals surface area contributed by atoms with Gasteiger partial charge in [-0.05, 0) is 42.7 Å². The van der Waals surface area contributed by atoms with Crippen LogP contribution in [0.1, 0.15) is 30.9 Å². The van der Waals surface area contributed by atoms with Crippen LogP contribution in [0.4, 0.5) is 0 Å². The van der Waals surface area contributed by atoms with Gasteiger partial charge in [0.2, 0.25) is 10.4 Å². The molecule has 0 saturated carbocycles. The molecular weight excluding hydrogens is 415 g/mol. The first kappa shape index (κ1) is 19.1. The van der Waals surface area contributed by atoms with Crippen LogP contribution in [0.15, 0.2) is 48.5 Å². The maximum Gasteiger partial charge on any atom is 0.357 e. The Morgan fingerprint density at radius 3 is 1.68 bits per heavy atom. The molecule has 22 heavy (non-hydrogen) atoms. The van der Waals surface area contributed by atoms with Gasteiger partial charge in [0.1, 0.15) is 0 Å². The zero-order valence-corrected chi connectivity index (χ0v) is 15.6. The van der Waals surface area contributed by atoms with Gasteiger partial charge in [-0.25, -0.2) is 8.42 Å². The largest absolute Gasteiger partial charge is 0.726 e. The molecule has 0 bridgehead atoms. The Kier molecular flexibility index (Phi) is 7.47. The van der Waals surface area contributed by atoms with E-state index in [0.29, 0.717) is 5.92 Å². The van der Waals surface area contributed by atoms with Gasteiger partial charge >= 0.3 is 21.2 Å². The second-order valence-electron chi connectivity index (χ2n) is 5.02. The minimum Gasteiger partial charge on any atom is -0.726 e. The number of aryl methyl sites for hydroxylation is 1. The molecule has 0 radical (unpaired) electrons. The van der Waals surface area contributed by atoms with E-state index in [1.165, 1.54) is 18.3 Å². The smallest absolute Gasteiger partial charge is 0.357 e.